The van der Waals surface area contributed by atoms with E-state index in [1.807, 2.05) is 4.90 Å². The zero-order valence-electron chi connectivity index (χ0n) is 11.5. The van der Waals surface area contributed by atoms with Crippen molar-refractivity contribution in [2.75, 3.05) is 19.6 Å². The van der Waals surface area contributed by atoms with Gasteiger partial charge in [0.25, 0.3) is 0 Å². The molecule has 0 aromatic heterocycles. The van der Waals surface area contributed by atoms with E-state index < -0.39 is 0 Å². The van der Waals surface area contributed by atoms with Gasteiger partial charge in [0.1, 0.15) is 0 Å². The summed E-state index contributed by atoms with van der Waals surface area (Å²) in [5.74, 6) is 0. The highest BCUT2D eigenvalue weighted by atomic mass is 16.2. The average molecular weight is 240 g/mol. The summed E-state index contributed by atoms with van der Waals surface area (Å²) in [5, 5.41) is 2.97. The van der Waals surface area contributed by atoms with Gasteiger partial charge in [-0.25, -0.2) is 4.79 Å². The van der Waals surface area contributed by atoms with Gasteiger partial charge in [-0.15, -0.1) is 6.58 Å². The number of carbonyl (C=O) groups excluding carboxylic acids is 1. The number of hydrogen-bond acceptors (Lipinski definition) is 1. The van der Waals surface area contributed by atoms with Crippen molar-refractivity contribution < 1.29 is 4.79 Å². The summed E-state index contributed by atoms with van der Waals surface area (Å²) in [7, 11) is 0. The van der Waals surface area contributed by atoms with E-state index in [2.05, 4.69) is 25.7 Å². The Kier molecular flexibility index (Phi) is 10.8. The number of carbonyl (C=O) groups is 1. The molecule has 3 heteroatoms. The summed E-state index contributed by atoms with van der Waals surface area (Å²) in [6.45, 7) is 10.3. The lowest BCUT2D eigenvalue weighted by Gasteiger charge is -2.21. The molecule has 0 rings (SSSR count). The predicted molar refractivity (Wildman–Crippen MR) is 74.2 cm³/mol. The molecule has 100 valence electrons. The molecule has 0 aliphatic rings. The lowest BCUT2D eigenvalue weighted by Crippen LogP contribution is -2.41. The van der Waals surface area contributed by atoms with Crippen molar-refractivity contribution in [1.29, 1.82) is 0 Å². The zero-order chi connectivity index (χ0) is 12.9. The van der Waals surface area contributed by atoms with Gasteiger partial charge < -0.3 is 10.2 Å². The van der Waals surface area contributed by atoms with Crippen LogP contribution in [-0.4, -0.2) is 30.6 Å². The van der Waals surface area contributed by atoms with Crippen molar-refractivity contribution in [2.45, 2.75) is 52.4 Å². The van der Waals surface area contributed by atoms with E-state index in [0.29, 0.717) is 6.54 Å². The molecular weight excluding hydrogens is 212 g/mol. The number of nitrogens with zero attached hydrogens (tertiary/aromatic N) is 1. The van der Waals surface area contributed by atoms with Crippen LogP contribution in [-0.2, 0) is 0 Å². The van der Waals surface area contributed by atoms with Crippen molar-refractivity contribution in [1.82, 2.24) is 10.2 Å². The SMILES string of the molecule is C=CCN(CCCCC)C(=O)NCCCCC. The Labute approximate surface area is 106 Å². The molecule has 0 aliphatic carbocycles. The molecule has 3 nitrogen and oxygen atoms in total. The Balaban J connectivity index is 3.83. The lowest BCUT2D eigenvalue weighted by molar-refractivity contribution is 0.202. The molecule has 0 saturated carbocycles. The second-order valence-corrected chi connectivity index (χ2v) is 4.38. The number of unbranched alkanes of at least 4 members (excludes halogenated alkanes) is 4. The van der Waals surface area contributed by atoms with E-state index in [1.54, 1.807) is 6.08 Å². The molecular formula is C14H28N2O. The van der Waals surface area contributed by atoms with Crippen LogP contribution in [0.4, 0.5) is 4.79 Å². The second kappa shape index (κ2) is 11.5. The first-order valence-electron chi connectivity index (χ1n) is 6.89. The highest BCUT2D eigenvalue weighted by molar-refractivity contribution is 5.74. The fraction of sp³-hybridized carbons (Fsp3) is 0.786. The maximum absolute atomic E-state index is 11.9. The van der Waals surface area contributed by atoms with Gasteiger partial charge in [-0.05, 0) is 12.8 Å². The monoisotopic (exact) mass is 240 g/mol. The third kappa shape index (κ3) is 8.78. The Hall–Kier alpha value is -0.990. The number of urea groups is 1. The van der Waals surface area contributed by atoms with Gasteiger partial charge in [0.15, 0.2) is 0 Å². The minimum atomic E-state index is 0.0529. The molecule has 2 amide bonds. The van der Waals surface area contributed by atoms with E-state index in [1.165, 1.54) is 25.7 Å². The lowest BCUT2D eigenvalue weighted by atomic mass is 10.2. The van der Waals surface area contributed by atoms with E-state index in [4.69, 9.17) is 0 Å². The van der Waals surface area contributed by atoms with E-state index >= 15 is 0 Å². The highest BCUT2D eigenvalue weighted by Crippen LogP contribution is 2.00. The van der Waals surface area contributed by atoms with Crippen LogP contribution < -0.4 is 5.32 Å². The fourth-order valence-corrected chi connectivity index (χ4v) is 1.67. The number of hydrogen-bond donors (Lipinski definition) is 1. The fourth-order valence-electron chi connectivity index (χ4n) is 1.67. The maximum Gasteiger partial charge on any atom is 0.317 e. The van der Waals surface area contributed by atoms with Crippen LogP contribution >= 0.6 is 0 Å². The number of rotatable bonds is 10. The summed E-state index contributed by atoms with van der Waals surface area (Å²) in [6.07, 6.45) is 8.65. The van der Waals surface area contributed by atoms with Gasteiger partial charge >= 0.3 is 6.03 Å². The quantitative estimate of drug-likeness (QED) is 0.459. The summed E-state index contributed by atoms with van der Waals surface area (Å²) in [5.41, 5.74) is 0. The summed E-state index contributed by atoms with van der Waals surface area (Å²) >= 11 is 0. The van der Waals surface area contributed by atoms with E-state index in [-0.39, 0.29) is 6.03 Å². The highest BCUT2D eigenvalue weighted by Gasteiger charge is 2.09. The topological polar surface area (TPSA) is 32.3 Å². The normalized spacial score (nSPS) is 10.0. The maximum atomic E-state index is 11.9. The molecule has 0 heterocycles. The molecule has 0 aromatic rings. The Bertz CT molecular complexity index is 204. The molecule has 0 unspecified atom stereocenters. The van der Waals surface area contributed by atoms with Crippen LogP contribution in [0.15, 0.2) is 12.7 Å². The summed E-state index contributed by atoms with van der Waals surface area (Å²) in [4.78, 5) is 13.7. The molecule has 1 N–H and O–H groups in total. The third-order valence-electron chi connectivity index (χ3n) is 2.72. The van der Waals surface area contributed by atoms with Crippen LogP contribution in [0.1, 0.15) is 52.4 Å². The minimum absolute atomic E-state index is 0.0529. The summed E-state index contributed by atoms with van der Waals surface area (Å²) in [6, 6.07) is 0.0529. The largest absolute Gasteiger partial charge is 0.338 e. The van der Waals surface area contributed by atoms with Gasteiger partial charge in [-0.3, -0.25) is 0 Å². The smallest absolute Gasteiger partial charge is 0.317 e. The molecule has 17 heavy (non-hydrogen) atoms. The number of amides is 2. The van der Waals surface area contributed by atoms with Crippen molar-refractivity contribution in [2.24, 2.45) is 0 Å². The molecule has 0 fully saturated rings. The van der Waals surface area contributed by atoms with Crippen LogP contribution in [0.2, 0.25) is 0 Å². The molecule has 0 radical (unpaired) electrons. The standard InChI is InChI=1S/C14H28N2O/c1-4-7-9-11-15-14(17)16(12-6-3)13-10-8-5-2/h6H,3-5,7-13H2,1-2H3,(H,15,17). The molecule has 0 aliphatic heterocycles. The van der Waals surface area contributed by atoms with Crippen molar-refractivity contribution in [3.8, 4) is 0 Å². The molecule has 0 aromatic carbocycles. The van der Waals surface area contributed by atoms with Gasteiger partial charge in [-0.1, -0.05) is 45.6 Å². The van der Waals surface area contributed by atoms with Crippen LogP contribution in [0.25, 0.3) is 0 Å². The van der Waals surface area contributed by atoms with Crippen LogP contribution in [0.5, 0.6) is 0 Å². The van der Waals surface area contributed by atoms with Crippen LogP contribution in [0.3, 0.4) is 0 Å². The van der Waals surface area contributed by atoms with Gasteiger partial charge in [0.05, 0.1) is 0 Å². The first-order chi connectivity index (χ1) is 8.26. The molecule has 0 atom stereocenters. The Morgan fingerprint density at radius 1 is 1.18 bits per heavy atom. The Morgan fingerprint density at radius 2 is 1.82 bits per heavy atom. The Morgan fingerprint density at radius 3 is 2.41 bits per heavy atom. The van der Waals surface area contributed by atoms with Gasteiger partial charge in [0.2, 0.25) is 0 Å². The zero-order valence-corrected chi connectivity index (χ0v) is 11.5. The third-order valence-corrected chi connectivity index (χ3v) is 2.72. The first-order valence-corrected chi connectivity index (χ1v) is 6.89. The minimum Gasteiger partial charge on any atom is -0.338 e. The van der Waals surface area contributed by atoms with Gasteiger partial charge in [0, 0.05) is 19.6 Å². The van der Waals surface area contributed by atoms with Crippen molar-refractivity contribution >= 4 is 6.03 Å². The summed E-state index contributed by atoms with van der Waals surface area (Å²) < 4.78 is 0. The predicted octanol–water partition coefficient (Wildman–Crippen LogP) is 3.56. The van der Waals surface area contributed by atoms with E-state index in [0.717, 1.165) is 25.9 Å². The first kappa shape index (κ1) is 16.0. The van der Waals surface area contributed by atoms with E-state index in [9.17, 15) is 4.79 Å². The molecule has 0 bridgehead atoms. The second-order valence-electron chi connectivity index (χ2n) is 4.38. The van der Waals surface area contributed by atoms with Crippen LogP contribution in [0, 0.1) is 0 Å². The number of nitrogens with one attached hydrogen (secondary N) is 1. The van der Waals surface area contributed by atoms with Crippen molar-refractivity contribution in [3.63, 3.8) is 0 Å². The molecule has 0 saturated heterocycles. The average Bonchev–Trinajstić information content (AvgIpc) is 2.33. The molecule has 0 spiro atoms. The van der Waals surface area contributed by atoms with Crippen molar-refractivity contribution in [3.05, 3.63) is 12.7 Å². The van der Waals surface area contributed by atoms with Gasteiger partial charge in [-0.2, -0.15) is 0 Å².